The highest BCUT2D eigenvalue weighted by molar-refractivity contribution is 7.96. The highest BCUT2D eigenvalue weighted by Gasteiger charge is 2.46. The fourth-order valence-corrected chi connectivity index (χ4v) is 14.2. The van der Waals surface area contributed by atoms with Crippen LogP contribution in [0, 0.1) is 0 Å². The van der Waals surface area contributed by atoms with E-state index < -0.39 is 14.5 Å². The molecule has 0 heterocycles. The van der Waals surface area contributed by atoms with Crippen molar-refractivity contribution >= 4 is 46.4 Å². The Hall–Kier alpha value is -3.50. The molecular formula is C40H36Cl2P2. The number of hydrogen-bond acceptors (Lipinski definition) is 0. The second-order valence-corrected chi connectivity index (χ2v) is 17.5. The van der Waals surface area contributed by atoms with Crippen molar-refractivity contribution in [2.24, 2.45) is 0 Å². The Bertz CT molecular complexity index is 1370. The zero-order chi connectivity index (χ0) is 28.5. The zero-order valence-corrected chi connectivity index (χ0v) is 27.8. The molecule has 0 aliphatic rings. The van der Waals surface area contributed by atoms with Gasteiger partial charge in [-0.15, -0.1) is 0 Å². The summed E-state index contributed by atoms with van der Waals surface area (Å²) in [6.45, 7) is 0. The van der Waals surface area contributed by atoms with Gasteiger partial charge in [-0.2, -0.15) is 0 Å². The van der Waals surface area contributed by atoms with E-state index in [0.29, 0.717) is 0 Å². The maximum atomic E-state index is 2.49. The SMILES string of the molecule is C(=CC[P+](c1ccccc1)(c1ccccc1)c1ccccc1)C[P+](c1ccccc1)(c1ccccc1)c1ccccc1.[Cl-].[Cl-]. The van der Waals surface area contributed by atoms with E-state index >= 15 is 0 Å². The average molecular weight is 650 g/mol. The van der Waals surface area contributed by atoms with Crippen LogP contribution in [0.25, 0.3) is 0 Å². The van der Waals surface area contributed by atoms with Crippen LogP contribution in [0.4, 0.5) is 0 Å². The van der Waals surface area contributed by atoms with Crippen molar-refractivity contribution in [2.45, 2.75) is 0 Å². The van der Waals surface area contributed by atoms with Gasteiger partial charge < -0.3 is 24.8 Å². The smallest absolute Gasteiger partial charge is 0.115 e. The molecule has 0 nitrogen and oxygen atoms in total. The lowest BCUT2D eigenvalue weighted by Crippen LogP contribution is -3.00. The Kier molecular flexibility index (Phi) is 12.1. The standard InChI is InChI=1S/C40H36P2.2ClH/c1-7-21-35(22-8-1)41(36-23-9-2-10-24-36,37-25-11-3-12-26-37)33-19-20-34-42(38-27-13-4-14-28-38,39-29-15-5-16-30-39)40-31-17-6-18-32-40;;/h1-32H,33-34H2;2*1H/q+2;;/p-2. The molecule has 6 rings (SSSR count). The van der Waals surface area contributed by atoms with E-state index in [-0.39, 0.29) is 24.8 Å². The van der Waals surface area contributed by atoms with Gasteiger partial charge in [-0.25, -0.2) is 0 Å². The summed E-state index contributed by atoms with van der Waals surface area (Å²) in [5.74, 6) is 0. The molecule has 0 bridgehead atoms. The summed E-state index contributed by atoms with van der Waals surface area (Å²) in [7, 11) is -3.85. The molecule has 0 spiro atoms. The van der Waals surface area contributed by atoms with Crippen molar-refractivity contribution in [1.82, 2.24) is 0 Å². The van der Waals surface area contributed by atoms with Gasteiger partial charge in [0.15, 0.2) is 0 Å². The Balaban J connectivity index is 0.00000221. The lowest BCUT2D eigenvalue weighted by atomic mass is 10.4. The maximum Gasteiger partial charge on any atom is 0.115 e. The van der Waals surface area contributed by atoms with Crippen LogP contribution in [0.5, 0.6) is 0 Å². The molecule has 0 unspecified atom stereocenters. The zero-order valence-electron chi connectivity index (χ0n) is 24.5. The lowest BCUT2D eigenvalue weighted by molar-refractivity contribution is -0.001000. The molecule has 0 saturated carbocycles. The summed E-state index contributed by atoms with van der Waals surface area (Å²) in [5, 5.41) is 8.51. The quantitative estimate of drug-likeness (QED) is 0.156. The largest absolute Gasteiger partial charge is 1.00 e. The van der Waals surface area contributed by atoms with E-state index in [1.54, 1.807) is 0 Å². The lowest BCUT2D eigenvalue weighted by Gasteiger charge is -2.28. The predicted octanol–water partition coefficient (Wildman–Crippen LogP) is 1.54. The first-order valence-electron chi connectivity index (χ1n) is 14.6. The molecule has 4 heteroatoms. The summed E-state index contributed by atoms with van der Waals surface area (Å²) < 4.78 is 0. The van der Waals surface area contributed by atoms with Crippen LogP contribution in [0.2, 0.25) is 0 Å². The van der Waals surface area contributed by atoms with Crippen LogP contribution in [0.15, 0.2) is 194 Å². The second-order valence-electron chi connectivity index (χ2n) is 10.5. The minimum Gasteiger partial charge on any atom is -1.00 e. The van der Waals surface area contributed by atoms with Gasteiger partial charge in [0.1, 0.15) is 46.4 Å². The van der Waals surface area contributed by atoms with Gasteiger partial charge in [-0.3, -0.25) is 0 Å². The van der Waals surface area contributed by atoms with Gasteiger partial charge in [0.05, 0.1) is 12.3 Å². The summed E-state index contributed by atoms with van der Waals surface area (Å²) in [4.78, 5) is 0. The van der Waals surface area contributed by atoms with Gasteiger partial charge in [0.2, 0.25) is 0 Å². The highest BCUT2D eigenvalue weighted by atomic mass is 35.5. The van der Waals surface area contributed by atoms with Gasteiger partial charge >= 0.3 is 0 Å². The summed E-state index contributed by atoms with van der Waals surface area (Å²) in [6.07, 6.45) is 6.93. The van der Waals surface area contributed by atoms with Gasteiger partial charge in [-0.05, 0) is 84.9 Å². The number of hydrogen-bond donors (Lipinski definition) is 0. The fraction of sp³-hybridized carbons (Fsp3) is 0.0500. The third kappa shape index (κ3) is 6.76. The molecule has 0 N–H and O–H groups in total. The van der Waals surface area contributed by atoms with Gasteiger partial charge in [0.25, 0.3) is 0 Å². The molecular weight excluding hydrogens is 613 g/mol. The van der Waals surface area contributed by atoms with Crippen molar-refractivity contribution < 1.29 is 24.8 Å². The third-order valence-electron chi connectivity index (χ3n) is 8.11. The van der Waals surface area contributed by atoms with Gasteiger partial charge in [-0.1, -0.05) is 109 Å². The van der Waals surface area contributed by atoms with E-state index in [4.69, 9.17) is 0 Å². The molecule has 6 aromatic carbocycles. The second kappa shape index (κ2) is 16.0. The van der Waals surface area contributed by atoms with Crippen LogP contribution in [-0.4, -0.2) is 12.3 Å². The van der Waals surface area contributed by atoms with E-state index in [1.165, 1.54) is 31.8 Å². The first kappa shape index (κ1) is 33.4. The molecule has 0 aliphatic carbocycles. The minimum atomic E-state index is -1.93. The van der Waals surface area contributed by atoms with Crippen LogP contribution in [0.1, 0.15) is 0 Å². The molecule has 0 aliphatic heterocycles. The highest BCUT2D eigenvalue weighted by Crippen LogP contribution is 2.57. The topological polar surface area (TPSA) is 0 Å². The molecule has 0 aromatic heterocycles. The van der Waals surface area contributed by atoms with Crippen LogP contribution < -0.4 is 56.6 Å². The number of rotatable bonds is 10. The number of benzene rings is 6. The van der Waals surface area contributed by atoms with Crippen molar-refractivity contribution in [3.63, 3.8) is 0 Å². The molecule has 0 atom stereocenters. The molecule has 0 amide bonds. The maximum absolute atomic E-state index is 2.49. The van der Waals surface area contributed by atoms with E-state index in [0.717, 1.165) is 12.3 Å². The minimum absolute atomic E-state index is 0. The Morgan fingerprint density at radius 3 is 0.591 bits per heavy atom. The van der Waals surface area contributed by atoms with Crippen LogP contribution >= 0.6 is 14.5 Å². The van der Waals surface area contributed by atoms with E-state index in [1.807, 2.05) is 0 Å². The fourth-order valence-electron chi connectivity index (χ4n) is 6.09. The van der Waals surface area contributed by atoms with Crippen molar-refractivity contribution in [1.29, 1.82) is 0 Å². The molecule has 44 heavy (non-hydrogen) atoms. The predicted molar refractivity (Wildman–Crippen MR) is 189 cm³/mol. The molecule has 0 fully saturated rings. The molecule has 6 aromatic rings. The first-order chi connectivity index (χ1) is 20.8. The monoisotopic (exact) mass is 648 g/mol. The van der Waals surface area contributed by atoms with Crippen LogP contribution in [-0.2, 0) is 0 Å². The third-order valence-corrected chi connectivity index (χ3v) is 16.7. The van der Waals surface area contributed by atoms with Crippen molar-refractivity contribution in [2.75, 3.05) is 12.3 Å². The first-order valence-corrected chi connectivity index (χ1v) is 18.5. The Labute approximate surface area is 276 Å². The number of halogens is 2. The summed E-state index contributed by atoms with van der Waals surface area (Å²) in [6, 6.07) is 67.0. The van der Waals surface area contributed by atoms with E-state index in [2.05, 4.69) is 194 Å². The number of allylic oxidation sites excluding steroid dienone is 2. The molecule has 220 valence electrons. The molecule has 0 radical (unpaired) electrons. The van der Waals surface area contributed by atoms with Crippen molar-refractivity contribution in [3.8, 4) is 0 Å². The Morgan fingerprint density at radius 1 is 0.273 bits per heavy atom. The summed E-state index contributed by atoms with van der Waals surface area (Å²) >= 11 is 0. The van der Waals surface area contributed by atoms with Crippen molar-refractivity contribution in [3.05, 3.63) is 194 Å². The van der Waals surface area contributed by atoms with E-state index in [9.17, 15) is 0 Å². The normalized spacial score (nSPS) is 11.4. The Morgan fingerprint density at radius 2 is 0.432 bits per heavy atom. The van der Waals surface area contributed by atoms with Crippen LogP contribution in [0.3, 0.4) is 0 Å². The summed E-state index contributed by atoms with van der Waals surface area (Å²) in [5.41, 5.74) is 0. The average Bonchev–Trinajstić information content (AvgIpc) is 3.09. The molecule has 0 saturated heterocycles. The van der Waals surface area contributed by atoms with Gasteiger partial charge in [0, 0.05) is 0 Å².